The number of nitrogens with two attached hydrogens (primary N) is 1. The van der Waals surface area contributed by atoms with E-state index in [-0.39, 0.29) is 29.9 Å². The third-order valence-corrected chi connectivity index (χ3v) is 3.74. The molecule has 4 N–H and O–H groups in total. The first-order valence-electron chi connectivity index (χ1n) is 6.07. The maximum atomic E-state index is 11.8. The molecule has 1 aliphatic rings. The van der Waals surface area contributed by atoms with E-state index in [1.165, 1.54) is 0 Å². The average Bonchev–Trinajstić information content (AvgIpc) is 2.32. The standard InChI is InChI=1S/C13H19N3O2/c1-13(2)10(6-11(13)17)16-12(18)5-9-4-3-8(14)7-15-9/h3-4,7,10-11,17H,5-6,14H2,1-2H3,(H,16,18). The lowest BCUT2D eigenvalue weighted by Crippen LogP contribution is -2.61. The van der Waals surface area contributed by atoms with Crippen molar-refractivity contribution < 1.29 is 9.90 Å². The van der Waals surface area contributed by atoms with Crippen LogP contribution in [-0.2, 0) is 11.2 Å². The van der Waals surface area contributed by atoms with Gasteiger partial charge in [-0.05, 0) is 18.6 Å². The Balaban J connectivity index is 1.88. The lowest BCUT2D eigenvalue weighted by Gasteiger charge is -2.49. The van der Waals surface area contributed by atoms with Gasteiger partial charge in [-0.15, -0.1) is 0 Å². The van der Waals surface area contributed by atoms with Crippen LogP contribution in [0.15, 0.2) is 18.3 Å². The molecule has 0 spiro atoms. The molecule has 0 radical (unpaired) electrons. The van der Waals surface area contributed by atoms with Crippen LogP contribution in [0.4, 0.5) is 5.69 Å². The van der Waals surface area contributed by atoms with Crippen LogP contribution in [0.1, 0.15) is 26.0 Å². The molecule has 0 aromatic carbocycles. The van der Waals surface area contributed by atoms with Crippen molar-refractivity contribution in [3.8, 4) is 0 Å². The maximum Gasteiger partial charge on any atom is 0.226 e. The topological polar surface area (TPSA) is 88.2 Å². The van der Waals surface area contributed by atoms with Gasteiger partial charge in [0.1, 0.15) is 0 Å². The van der Waals surface area contributed by atoms with Gasteiger partial charge >= 0.3 is 0 Å². The molecule has 1 saturated carbocycles. The van der Waals surface area contributed by atoms with E-state index >= 15 is 0 Å². The van der Waals surface area contributed by atoms with Crippen molar-refractivity contribution in [3.05, 3.63) is 24.0 Å². The van der Waals surface area contributed by atoms with Gasteiger partial charge in [-0.2, -0.15) is 0 Å². The number of hydrogen-bond acceptors (Lipinski definition) is 4. The van der Waals surface area contributed by atoms with E-state index in [1.54, 1.807) is 18.3 Å². The summed E-state index contributed by atoms with van der Waals surface area (Å²) in [6.45, 7) is 3.90. The third-order valence-electron chi connectivity index (χ3n) is 3.74. The molecule has 1 aliphatic carbocycles. The molecule has 1 fully saturated rings. The van der Waals surface area contributed by atoms with Crippen LogP contribution in [0, 0.1) is 5.41 Å². The van der Waals surface area contributed by atoms with Gasteiger partial charge in [0.2, 0.25) is 5.91 Å². The number of anilines is 1. The van der Waals surface area contributed by atoms with Crippen molar-refractivity contribution in [1.29, 1.82) is 0 Å². The van der Waals surface area contributed by atoms with Crippen LogP contribution in [0.5, 0.6) is 0 Å². The number of rotatable bonds is 3. The number of amides is 1. The quantitative estimate of drug-likeness (QED) is 0.727. The Kier molecular flexibility index (Phi) is 3.26. The van der Waals surface area contributed by atoms with Crippen molar-refractivity contribution in [3.63, 3.8) is 0 Å². The van der Waals surface area contributed by atoms with E-state index in [4.69, 9.17) is 5.73 Å². The van der Waals surface area contributed by atoms with Crippen LogP contribution in [0.25, 0.3) is 0 Å². The van der Waals surface area contributed by atoms with Crippen molar-refractivity contribution >= 4 is 11.6 Å². The zero-order chi connectivity index (χ0) is 13.3. The fourth-order valence-corrected chi connectivity index (χ4v) is 2.10. The molecule has 1 aromatic rings. The number of hydrogen-bond donors (Lipinski definition) is 3. The number of carbonyl (C=O) groups excluding carboxylic acids is 1. The second-order valence-corrected chi connectivity index (χ2v) is 5.45. The van der Waals surface area contributed by atoms with Crippen molar-refractivity contribution in [2.24, 2.45) is 5.41 Å². The van der Waals surface area contributed by atoms with E-state index in [1.807, 2.05) is 13.8 Å². The van der Waals surface area contributed by atoms with E-state index in [0.29, 0.717) is 17.8 Å². The Morgan fingerprint density at radius 2 is 2.33 bits per heavy atom. The second kappa shape index (κ2) is 4.57. The summed E-state index contributed by atoms with van der Waals surface area (Å²) in [5, 5.41) is 12.5. The minimum Gasteiger partial charge on any atom is -0.397 e. The van der Waals surface area contributed by atoms with Crippen LogP contribution in [0.3, 0.4) is 0 Å². The molecule has 1 amide bonds. The summed E-state index contributed by atoms with van der Waals surface area (Å²) in [6, 6.07) is 3.51. The number of aliphatic hydroxyl groups is 1. The van der Waals surface area contributed by atoms with Gasteiger partial charge in [0.15, 0.2) is 0 Å². The number of nitrogens with zero attached hydrogens (tertiary/aromatic N) is 1. The number of aromatic nitrogens is 1. The van der Waals surface area contributed by atoms with Crippen LogP contribution in [-0.4, -0.2) is 28.1 Å². The predicted molar refractivity (Wildman–Crippen MR) is 68.7 cm³/mol. The Labute approximate surface area is 106 Å². The molecule has 2 atom stereocenters. The number of carbonyl (C=O) groups is 1. The van der Waals surface area contributed by atoms with Crippen LogP contribution < -0.4 is 11.1 Å². The lowest BCUT2D eigenvalue weighted by atomic mass is 9.64. The average molecular weight is 249 g/mol. The van der Waals surface area contributed by atoms with Gasteiger partial charge in [-0.25, -0.2) is 0 Å². The molecule has 2 unspecified atom stereocenters. The van der Waals surface area contributed by atoms with Gasteiger partial charge in [0, 0.05) is 17.2 Å². The van der Waals surface area contributed by atoms with Crippen molar-refractivity contribution in [1.82, 2.24) is 10.3 Å². The third kappa shape index (κ3) is 2.46. The predicted octanol–water partition coefficient (Wildman–Crippen LogP) is 0.482. The van der Waals surface area contributed by atoms with Crippen molar-refractivity contribution in [2.45, 2.75) is 38.8 Å². The number of aliphatic hydroxyl groups excluding tert-OH is 1. The largest absolute Gasteiger partial charge is 0.397 e. The molecule has 1 aromatic heterocycles. The highest BCUT2D eigenvalue weighted by atomic mass is 16.3. The van der Waals surface area contributed by atoms with Crippen molar-refractivity contribution in [2.75, 3.05) is 5.73 Å². The highest BCUT2D eigenvalue weighted by Crippen LogP contribution is 2.40. The van der Waals surface area contributed by atoms with E-state index in [2.05, 4.69) is 10.3 Å². The number of nitrogen functional groups attached to an aromatic ring is 1. The molecular weight excluding hydrogens is 230 g/mol. The van der Waals surface area contributed by atoms with E-state index in [0.717, 1.165) is 0 Å². The lowest BCUT2D eigenvalue weighted by molar-refractivity contribution is -0.128. The first-order chi connectivity index (χ1) is 8.39. The molecule has 0 aliphatic heterocycles. The molecule has 98 valence electrons. The Morgan fingerprint density at radius 1 is 1.61 bits per heavy atom. The fourth-order valence-electron chi connectivity index (χ4n) is 2.10. The highest BCUT2D eigenvalue weighted by molar-refractivity contribution is 5.78. The first kappa shape index (κ1) is 12.8. The maximum absolute atomic E-state index is 11.8. The van der Waals surface area contributed by atoms with Gasteiger partial charge < -0.3 is 16.2 Å². The van der Waals surface area contributed by atoms with E-state index in [9.17, 15) is 9.90 Å². The minimum atomic E-state index is -0.336. The summed E-state index contributed by atoms with van der Waals surface area (Å²) >= 11 is 0. The SMILES string of the molecule is CC1(C)C(O)CC1NC(=O)Cc1ccc(N)cn1. The molecular formula is C13H19N3O2. The molecule has 1 heterocycles. The summed E-state index contributed by atoms with van der Waals surface area (Å²) in [5.41, 5.74) is 6.56. The summed E-state index contributed by atoms with van der Waals surface area (Å²) < 4.78 is 0. The van der Waals surface area contributed by atoms with Gasteiger partial charge in [0.05, 0.1) is 24.4 Å². The zero-order valence-corrected chi connectivity index (χ0v) is 10.7. The summed E-state index contributed by atoms with van der Waals surface area (Å²) in [5.74, 6) is -0.0720. The Morgan fingerprint density at radius 3 is 2.83 bits per heavy atom. The summed E-state index contributed by atoms with van der Waals surface area (Å²) in [4.78, 5) is 15.9. The Bertz CT molecular complexity index is 442. The minimum absolute atomic E-state index is 0.0359. The zero-order valence-electron chi connectivity index (χ0n) is 10.7. The highest BCUT2D eigenvalue weighted by Gasteiger charge is 2.47. The molecule has 0 bridgehead atoms. The van der Waals surface area contributed by atoms with Crippen LogP contribution >= 0.6 is 0 Å². The number of nitrogens with one attached hydrogen (secondary N) is 1. The van der Waals surface area contributed by atoms with E-state index < -0.39 is 0 Å². The smallest absolute Gasteiger partial charge is 0.226 e. The van der Waals surface area contributed by atoms with Gasteiger partial charge in [0.25, 0.3) is 0 Å². The monoisotopic (exact) mass is 249 g/mol. The molecule has 18 heavy (non-hydrogen) atoms. The first-order valence-corrected chi connectivity index (χ1v) is 6.07. The van der Waals surface area contributed by atoms with Crippen LogP contribution in [0.2, 0.25) is 0 Å². The number of pyridine rings is 1. The second-order valence-electron chi connectivity index (χ2n) is 5.45. The van der Waals surface area contributed by atoms with Gasteiger partial charge in [-0.1, -0.05) is 13.8 Å². The summed E-state index contributed by atoms with van der Waals surface area (Å²) in [6.07, 6.45) is 2.06. The van der Waals surface area contributed by atoms with Gasteiger partial charge in [-0.3, -0.25) is 9.78 Å². The molecule has 2 rings (SSSR count). The molecule has 5 nitrogen and oxygen atoms in total. The molecule has 5 heteroatoms. The summed E-state index contributed by atoms with van der Waals surface area (Å²) in [7, 11) is 0. The normalized spacial score (nSPS) is 25.3. The fraction of sp³-hybridized carbons (Fsp3) is 0.538. The Hall–Kier alpha value is -1.62. The molecule has 0 saturated heterocycles.